The molecule has 0 unspecified atom stereocenters. The van der Waals surface area contributed by atoms with E-state index in [1.54, 1.807) is 0 Å². The Kier molecular flexibility index (Phi) is 13.4. The van der Waals surface area contributed by atoms with Gasteiger partial charge in [0.25, 0.3) is 0 Å². The van der Waals surface area contributed by atoms with E-state index in [4.69, 9.17) is 0 Å². The molecule has 1 N–H and O–H groups in total. The molecule has 2 nitrogen and oxygen atoms in total. The van der Waals surface area contributed by atoms with Crippen LogP contribution in [0.15, 0.2) is 0 Å². The molecule has 0 aliphatic heterocycles. The number of carbonyl (C=O) groups is 1. The van der Waals surface area contributed by atoms with Gasteiger partial charge in [-0.05, 0) is 20.0 Å². The second kappa shape index (κ2) is 10.6. The molecular weight excluding hydrogens is 114 g/mol. The molecule has 9 heavy (non-hydrogen) atoms. The van der Waals surface area contributed by atoms with E-state index >= 15 is 0 Å². The van der Waals surface area contributed by atoms with Crippen molar-refractivity contribution < 1.29 is 4.79 Å². The van der Waals surface area contributed by atoms with Gasteiger partial charge in [0.2, 0.25) is 0 Å². The molecule has 0 rings (SSSR count). The SMILES string of the molecule is CC(C)CC=O.CNC. The minimum absolute atomic E-state index is 0.530. The topological polar surface area (TPSA) is 29.1 Å². The van der Waals surface area contributed by atoms with Crippen LogP contribution in [-0.4, -0.2) is 20.4 Å². The van der Waals surface area contributed by atoms with Crippen LogP contribution in [0.3, 0.4) is 0 Å². The van der Waals surface area contributed by atoms with Crippen LogP contribution in [-0.2, 0) is 4.79 Å². The minimum Gasteiger partial charge on any atom is -0.323 e. The van der Waals surface area contributed by atoms with Gasteiger partial charge < -0.3 is 10.1 Å². The van der Waals surface area contributed by atoms with E-state index < -0.39 is 0 Å². The third-order valence-corrected chi connectivity index (χ3v) is 0.568. The highest BCUT2D eigenvalue weighted by molar-refractivity contribution is 5.49. The van der Waals surface area contributed by atoms with Gasteiger partial charge in [0.05, 0.1) is 0 Å². The highest BCUT2D eigenvalue weighted by Gasteiger charge is 1.85. The van der Waals surface area contributed by atoms with Gasteiger partial charge in [0, 0.05) is 6.42 Å². The second-order valence-corrected chi connectivity index (χ2v) is 2.30. The van der Waals surface area contributed by atoms with Gasteiger partial charge >= 0.3 is 0 Å². The maximum atomic E-state index is 9.62. The first-order chi connectivity index (χ1) is 4.18. The fourth-order valence-corrected chi connectivity index (χ4v) is 0.192. The van der Waals surface area contributed by atoms with E-state index in [0.717, 1.165) is 6.29 Å². The molecule has 0 spiro atoms. The number of carbonyl (C=O) groups excluding carboxylic acids is 1. The Labute approximate surface area is 57.6 Å². The lowest BCUT2D eigenvalue weighted by Crippen LogP contribution is -1.89. The first-order valence-corrected chi connectivity index (χ1v) is 3.21. The number of nitrogens with one attached hydrogen (secondary N) is 1. The van der Waals surface area contributed by atoms with E-state index in [1.165, 1.54) is 0 Å². The van der Waals surface area contributed by atoms with Crippen molar-refractivity contribution in [1.82, 2.24) is 5.32 Å². The van der Waals surface area contributed by atoms with Crippen LogP contribution in [0, 0.1) is 5.92 Å². The Balaban J connectivity index is 0. The fourth-order valence-electron chi connectivity index (χ4n) is 0.192. The summed E-state index contributed by atoms with van der Waals surface area (Å²) in [6.45, 7) is 4.04. The van der Waals surface area contributed by atoms with Gasteiger partial charge in [-0.2, -0.15) is 0 Å². The summed E-state index contributed by atoms with van der Waals surface area (Å²) in [5, 5.41) is 2.75. The number of hydrogen-bond donors (Lipinski definition) is 1. The van der Waals surface area contributed by atoms with Gasteiger partial charge in [-0.3, -0.25) is 0 Å². The molecular formula is C7H17NO. The first-order valence-electron chi connectivity index (χ1n) is 3.21. The lowest BCUT2D eigenvalue weighted by Gasteiger charge is -1.89. The van der Waals surface area contributed by atoms with E-state index in [2.05, 4.69) is 5.32 Å². The molecule has 0 aliphatic carbocycles. The average molecular weight is 131 g/mol. The maximum Gasteiger partial charge on any atom is 0.120 e. The van der Waals surface area contributed by atoms with Crippen molar-refractivity contribution in [3.63, 3.8) is 0 Å². The van der Waals surface area contributed by atoms with Gasteiger partial charge in [0.15, 0.2) is 0 Å². The summed E-state index contributed by atoms with van der Waals surface area (Å²) in [5.74, 6) is 0.530. The van der Waals surface area contributed by atoms with Gasteiger partial charge in [0.1, 0.15) is 6.29 Å². The summed E-state index contributed by atoms with van der Waals surface area (Å²) in [6.07, 6.45) is 1.64. The van der Waals surface area contributed by atoms with E-state index in [9.17, 15) is 4.79 Å². The molecule has 0 bridgehead atoms. The zero-order chi connectivity index (χ0) is 7.70. The standard InChI is InChI=1S/C5H10O.C2H7N/c1-5(2)3-4-6;1-3-2/h4-5H,3H2,1-2H3;3H,1-2H3. The Morgan fingerprint density at radius 2 is 1.78 bits per heavy atom. The summed E-state index contributed by atoms with van der Waals surface area (Å²) in [6, 6.07) is 0. The number of rotatable bonds is 2. The van der Waals surface area contributed by atoms with Gasteiger partial charge in [-0.25, -0.2) is 0 Å². The third kappa shape index (κ3) is 35.0. The quantitative estimate of drug-likeness (QED) is 0.568. The summed E-state index contributed by atoms with van der Waals surface area (Å²) >= 11 is 0. The van der Waals surface area contributed by atoms with Crippen LogP contribution < -0.4 is 5.32 Å². The Morgan fingerprint density at radius 1 is 1.44 bits per heavy atom. The van der Waals surface area contributed by atoms with Gasteiger partial charge in [-0.15, -0.1) is 0 Å². The van der Waals surface area contributed by atoms with Crippen molar-refractivity contribution in [3.8, 4) is 0 Å². The molecule has 2 heteroatoms. The van der Waals surface area contributed by atoms with Crippen LogP contribution in [0.25, 0.3) is 0 Å². The van der Waals surface area contributed by atoms with Crippen molar-refractivity contribution in [2.75, 3.05) is 14.1 Å². The highest BCUT2D eigenvalue weighted by Crippen LogP contribution is 1.92. The van der Waals surface area contributed by atoms with Crippen LogP contribution in [0.5, 0.6) is 0 Å². The molecule has 0 aromatic heterocycles. The summed E-state index contributed by atoms with van der Waals surface area (Å²) < 4.78 is 0. The number of hydrogen-bond acceptors (Lipinski definition) is 2. The van der Waals surface area contributed by atoms with Crippen molar-refractivity contribution in [1.29, 1.82) is 0 Å². The molecule has 0 saturated carbocycles. The summed E-state index contributed by atoms with van der Waals surface area (Å²) in [4.78, 5) is 9.62. The predicted molar refractivity (Wildman–Crippen MR) is 40.5 cm³/mol. The molecule has 0 aromatic rings. The molecule has 0 saturated heterocycles. The molecule has 0 atom stereocenters. The van der Waals surface area contributed by atoms with Crippen LogP contribution in [0.4, 0.5) is 0 Å². The largest absolute Gasteiger partial charge is 0.323 e. The molecule has 0 fully saturated rings. The molecule has 56 valence electrons. The molecule has 0 aromatic carbocycles. The van der Waals surface area contributed by atoms with Crippen molar-refractivity contribution >= 4 is 6.29 Å². The van der Waals surface area contributed by atoms with E-state index in [1.807, 2.05) is 27.9 Å². The normalized spacial score (nSPS) is 8.11. The zero-order valence-corrected chi connectivity index (χ0v) is 6.77. The summed E-state index contributed by atoms with van der Waals surface area (Å²) in [7, 11) is 3.75. The first kappa shape index (κ1) is 11.4. The van der Waals surface area contributed by atoms with Crippen LogP contribution in [0.2, 0.25) is 0 Å². The van der Waals surface area contributed by atoms with Crippen molar-refractivity contribution in [2.24, 2.45) is 5.92 Å². The Hall–Kier alpha value is -0.370. The third-order valence-electron chi connectivity index (χ3n) is 0.568. The Bertz CT molecular complexity index is 52.9. The van der Waals surface area contributed by atoms with Crippen molar-refractivity contribution in [3.05, 3.63) is 0 Å². The lowest BCUT2D eigenvalue weighted by atomic mass is 10.2. The molecule has 0 radical (unpaired) electrons. The molecule has 0 amide bonds. The van der Waals surface area contributed by atoms with Crippen LogP contribution >= 0.6 is 0 Å². The Morgan fingerprint density at radius 3 is 1.78 bits per heavy atom. The summed E-state index contributed by atoms with van der Waals surface area (Å²) in [5.41, 5.74) is 0. The smallest absolute Gasteiger partial charge is 0.120 e. The number of aldehydes is 1. The minimum atomic E-state index is 0.530. The monoisotopic (exact) mass is 131 g/mol. The van der Waals surface area contributed by atoms with Gasteiger partial charge in [-0.1, -0.05) is 13.8 Å². The highest BCUT2D eigenvalue weighted by atomic mass is 16.1. The van der Waals surface area contributed by atoms with Crippen LogP contribution in [0.1, 0.15) is 20.3 Å². The second-order valence-electron chi connectivity index (χ2n) is 2.30. The molecule has 0 heterocycles. The predicted octanol–water partition coefficient (Wildman–Crippen LogP) is 1.07. The average Bonchev–Trinajstić information content (AvgIpc) is 1.67. The van der Waals surface area contributed by atoms with E-state index in [-0.39, 0.29) is 0 Å². The van der Waals surface area contributed by atoms with E-state index in [0.29, 0.717) is 12.3 Å². The lowest BCUT2D eigenvalue weighted by molar-refractivity contribution is -0.108. The zero-order valence-electron chi connectivity index (χ0n) is 6.77. The molecule has 0 aliphatic rings. The maximum absolute atomic E-state index is 9.62. The fraction of sp³-hybridized carbons (Fsp3) is 0.857. The van der Waals surface area contributed by atoms with Crippen molar-refractivity contribution in [2.45, 2.75) is 20.3 Å².